The zero-order valence-electron chi connectivity index (χ0n) is 24.2. The van der Waals surface area contributed by atoms with Crippen molar-refractivity contribution in [2.45, 2.75) is 182 Å². The van der Waals surface area contributed by atoms with Gasteiger partial charge < -0.3 is 0 Å². The van der Waals surface area contributed by atoms with Crippen LogP contribution in [0.25, 0.3) is 0 Å². The molecule has 0 aromatic carbocycles. The Morgan fingerprint density at radius 3 is 0.697 bits per heavy atom. The van der Waals surface area contributed by atoms with Gasteiger partial charge in [-0.3, -0.25) is 0 Å². The first-order chi connectivity index (χ1) is 16.2. The molecule has 0 rings (SSSR count). The third kappa shape index (κ3) is 22.6. The second-order valence-electron chi connectivity index (χ2n) is 11.3. The van der Waals surface area contributed by atoms with Crippen LogP contribution < -0.4 is 0 Å². The van der Waals surface area contributed by atoms with Crippen LogP contribution in [-0.4, -0.2) is 24.6 Å². The van der Waals surface area contributed by atoms with Crippen LogP contribution in [0.5, 0.6) is 0 Å². The molecule has 0 aromatic rings. The molecule has 0 saturated heterocycles. The lowest BCUT2D eigenvalue weighted by Crippen LogP contribution is -2.11. The Hall–Kier alpha value is 0.430. The summed E-state index contributed by atoms with van der Waals surface area (Å²) in [6, 6.07) is 0. The Balaban J connectivity index is 4.23. The summed E-state index contributed by atoms with van der Waals surface area (Å²) in [7, 11) is -0.676. The average molecular weight is 484 g/mol. The molecule has 0 bridgehead atoms. The maximum absolute atomic E-state index is 2.56. The van der Waals surface area contributed by atoms with Gasteiger partial charge in [-0.15, -0.1) is 0 Å². The Kier molecular flexibility index (Phi) is 27.4. The van der Waals surface area contributed by atoms with Crippen LogP contribution in [0.3, 0.4) is 0 Å². The Morgan fingerprint density at radius 1 is 0.273 bits per heavy atom. The fraction of sp³-hybridized carbons (Fsp3) is 1.00. The molecule has 0 radical (unpaired) electrons. The first-order valence-corrected chi connectivity index (χ1v) is 18.6. The van der Waals surface area contributed by atoms with Crippen LogP contribution >= 0.6 is 7.26 Å². The van der Waals surface area contributed by atoms with E-state index in [1.54, 1.807) is 37.7 Å². The van der Waals surface area contributed by atoms with Crippen molar-refractivity contribution in [1.82, 2.24) is 0 Å². The largest absolute Gasteiger partial charge is 0.0654 e. The molecule has 33 heavy (non-hydrogen) atoms. The molecule has 0 spiro atoms. The molecule has 0 heterocycles. The van der Waals surface area contributed by atoms with E-state index in [-0.39, 0.29) is 0 Å². The first kappa shape index (κ1) is 33.4. The van der Waals surface area contributed by atoms with Gasteiger partial charge in [0.05, 0.1) is 24.6 Å². The first-order valence-electron chi connectivity index (χ1n) is 16.1. The van der Waals surface area contributed by atoms with E-state index in [0.29, 0.717) is 0 Å². The fourth-order valence-electron chi connectivity index (χ4n) is 5.55. The molecule has 0 aliphatic heterocycles. The van der Waals surface area contributed by atoms with Gasteiger partial charge in [0.2, 0.25) is 0 Å². The van der Waals surface area contributed by atoms with Crippen molar-refractivity contribution in [2.75, 3.05) is 24.6 Å². The summed E-state index contributed by atoms with van der Waals surface area (Å²) in [6.07, 6.45) is 41.9. The van der Waals surface area contributed by atoms with Gasteiger partial charge in [-0.25, -0.2) is 0 Å². The molecule has 0 N–H and O–H groups in total. The molecule has 0 aliphatic carbocycles. The van der Waals surface area contributed by atoms with Gasteiger partial charge in [-0.2, -0.15) is 0 Å². The molecule has 0 fully saturated rings. The zero-order chi connectivity index (χ0) is 24.3. The zero-order valence-corrected chi connectivity index (χ0v) is 25.1. The van der Waals surface area contributed by atoms with E-state index in [1.165, 1.54) is 141 Å². The fourth-order valence-corrected chi connectivity index (χ4v) is 9.86. The van der Waals surface area contributed by atoms with Crippen molar-refractivity contribution < 1.29 is 0 Å². The highest BCUT2D eigenvalue weighted by Gasteiger charge is 2.33. The number of hydrogen-bond acceptors (Lipinski definition) is 0. The maximum atomic E-state index is 2.56. The Labute approximate surface area is 213 Å². The van der Waals surface area contributed by atoms with E-state index in [1.807, 2.05) is 0 Å². The summed E-state index contributed by atoms with van der Waals surface area (Å²) in [6.45, 7) is 9.54. The van der Waals surface area contributed by atoms with Crippen molar-refractivity contribution >= 4 is 7.26 Å². The molecular formula is C32H68P+. The lowest BCUT2D eigenvalue weighted by atomic mass is 10.1. The summed E-state index contributed by atoms with van der Waals surface area (Å²) in [4.78, 5) is 0. The monoisotopic (exact) mass is 484 g/mol. The van der Waals surface area contributed by atoms with E-state index in [9.17, 15) is 0 Å². The normalized spacial score (nSPS) is 12.0. The Morgan fingerprint density at radius 2 is 0.485 bits per heavy atom. The van der Waals surface area contributed by atoms with Crippen molar-refractivity contribution in [1.29, 1.82) is 0 Å². The van der Waals surface area contributed by atoms with Gasteiger partial charge in [0.25, 0.3) is 0 Å². The van der Waals surface area contributed by atoms with Crippen LogP contribution in [0.2, 0.25) is 0 Å². The van der Waals surface area contributed by atoms with Crippen LogP contribution in [-0.2, 0) is 0 Å². The minimum atomic E-state index is -0.676. The molecule has 0 atom stereocenters. The summed E-state index contributed by atoms with van der Waals surface area (Å²) in [5.74, 6) is 0. The van der Waals surface area contributed by atoms with Crippen molar-refractivity contribution in [2.24, 2.45) is 0 Å². The molecule has 0 saturated carbocycles. The van der Waals surface area contributed by atoms with E-state index >= 15 is 0 Å². The molecule has 0 unspecified atom stereocenters. The van der Waals surface area contributed by atoms with Gasteiger partial charge in [-0.05, 0) is 45.4 Å². The van der Waals surface area contributed by atoms with Crippen molar-refractivity contribution in [3.05, 3.63) is 0 Å². The predicted octanol–water partition coefficient (Wildman–Crippen LogP) is 12.4. The van der Waals surface area contributed by atoms with Gasteiger partial charge in [0.1, 0.15) is 0 Å². The third-order valence-corrected chi connectivity index (χ3v) is 13.3. The smallest absolute Gasteiger partial charge is 0.0594 e. The van der Waals surface area contributed by atoms with Crippen LogP contribution in [0, 0.1) is 0 Å². The molecule has 0 aromatic heterocycles. The van der Waals surface area contributed by atoms with Gasteiger partial charge in [0.15, 0.2) is 0 Å². The quantitative estimate of drug-likeness (QED) is 0.0766. The van der Waals surface area contributed by atoms with Crippen LogP contribution in [0.15, 0.2) is 0 Å². The van der Waals surface area contributed by atoms with E-state index < -0.39 is 7.26 Å². The highest BCUT2D eigenvalue weighted by Crippen LogP contribution is 2.60. The van der Waals surface area contributed by atoms with Gasteiger partial charge in [-0.1, -0.05) is 136 Å². The summed E-state index contributed by atoms with van der Waals surface area (Å²) >= 11 is 0. The lowest BCUT2D eigenvalue weighted by Gasteiger charge is -2.27. The number of hydrogen-bond donors (Lipinski definition) is 0. The Bertz CT molecular complexity index is 300. The standard InChI is InChI=1S/C32H68P/c1-5-9-12-15-18-21-24-27-30-33(8-4,31-28-25-22-19-16-13-10-6-2)32-29-26-23-20-17-14-11-7-3/h5-32H2,1-4H3/q+1. The molecule has 0 aliphatic rings. The summed E-state index contributed by atoms with van der Waals surface area (Å²) in [5.41, 5.74) is 0. The van der Waals surface area contributed by atoms with Gasteiger partial charge >= 0.3 is 0 Å². The number of rotatable bonds is 28. The van der Waals surface area contributed by atoms with E-state index in [2.05, 4.69) is 27.7 Å². The summed E-state index contributed by atoms with van der Waals surface area (Å²) in [5, 5.41) is 0. The van der Waals surface area contributed by atoms with Crippen molar-refractivity contribution in [3.63, 3.8) is 0 Å². The van der Waals surface area contributed by atoms with Gasteiger partial charge in [0, 0.05) is 7.26 Å². The van der Waals surface area contributed by atoms with Crippen LogP contribution in [0.4, 0.5) is 0 Å². The SMILES string of the molecule is CCCCCCCCCC[P+](CC)(CCCCCCCCCC)CCCCCCCCCC. The molecule has 200 valence electrons. The molecular weight excluding hydrogens is 415 g/mol. The highest BCUT2D eigenvalue weighted by atomic mass is 31.2. The minimum absolute atomic E-state index is 0.676. The van der Waals surface area contributed by atoms with Crippen molar-refractivity contribution in [3.8, 4) is 0 Å². The second kappa shape index (κ2) is 27.0. The third-order valence-electron chi connectivity index (χ3n) is 8.13. The lowest BCUT2D eigenvalue weighted by molar-refractivity contribution is 0.580. The topological polar surface area (TPSA) is 0 Å². The van der Waals surface area contributed by atoms with E-state index in [4.69, 9.17) is 0 Å². The summed E-state index contributed by atoms with van der Waals surface area (Å²) < 4.78 is 0. The highest BCUT2D eigenvalue weighted by molar-refractivity contribution is 7.75. The molecule has 1 heteroatoms. The maximum Gasteiger partial charge on any atom is 0.0594 e. The van der Waals surface area contributed by atoms with E-state index in [0.717, 1.165) is 0 Å². The molecule has 0 nitrogen and oxygen atoms in total. The predicted molar refractivity (Wildman–Crippen MR) is 160 cm³/mol. The molecule has 0 amide bonds. The second-order valence-corrected chi connectivity index (χ2v) is 15.9. The number of unbranched alkanes of at least 4 members (excludes halogenated alkanes) is 21. The van der Waals surface area contributed by atoms with Crippen LogP contribution in [0.1, 0.15) is 182 Å². The minimum Gasteiger partial charge on any atom is -0.0654 e. The average Bonchev–Trinajstić information content (AvgIpc) is 2.83.